The molecular formula is C18H19NO2. The highest BCUT2D eigenvalue weighted by Crippen LogP contribution is 2.31. The van der Waals surface area contributed by atoms with Crippen molar-refractivity contribution in [1.29, 1.82) is 0 Å². The summed E-state index contributed by atoms with van der Waals surface area (Å²) in [5.74, 6) is 0.222. The highest BCUT2D eigenvalue weighted by Gasteiger charge is 2.28. The Hall–Kier alpha value is -2.29. The van der Waals surface area contributed by atoms with Crippen molar-refractivity contribution in [2.75, 3.05) is 4.90 Å². The molecule has 108 valence electrons. The number of phenolic OH excluding ortho intramolecular Hbond substituents is 1. The van der Waals surface area contributed by atoms with E-state index in [1.54, 1.807) is 18.2 Å². The number of nitrogens with zero attached hydrogens (tertiary/aromatic N) is 1. The first kappa shape index (κ1) is 13.7. The zero-order valence-corrected chi connectivity index (χ0v) is 12.1. The number of anilines is 1. The second-order valence-corrected chi connectivity index (χ2v) is 5.59. The molecule has 0 spiro atoms. The van der Waals surface area contributed by atoms with E-state index in [9.17, 15) is 9.90 Å². The molecule has 0 bridgehead atoms. The molecule has 1 heterocycles. The van der Waals surface area contributed by atoms with Gasteiger partial charge in [-0.1, -0.05) is 36.4 Å². The number of aromatic hydroxyl groups is 1. The molecule has 0 radical (unpaired) electrons. The summed E-state index contributed by atoms with van der Waals surface area (Å²) in [6, 6.07) is 15.3. The maximum absolute atomic E-state index is 12.7. The van der Waals surface area contributed by atoms with Crippen molar-refractivity contribution in [2.24, 2.45) is 0 Å². The van der Waals surface area contributed by atoms with Crippen LogP contribution in [0, 0.1) is 0 Å². The predicted octanol–water partition coefficient (Wildman–Crippen LogP) is 3.30. The number of aryl methyl sites for hydroxylation is 1. The van der Waals surface area contributed by atoms with Crippen LogP contribution in [0.4, 0.5) is 5.69 Å². The van der Waals surface area contributed by atoms with Gasteiger partial charge in [0.15, 0.2) is 0 Å². The number of amides is 1. The van der Waals surface area contributed by atoms with Crippen molar-refractivity contribution in [2.45, 2.75) is 32.2 Å². The van der Waals surface area contributed by atoms with Crippen molar-refractivity contribution in [3.8, 4) is 5.75 Å². The van der Waals surface area contributed by atoms with E-state index in [-0.39, 0.29) is 24.1 Å². The third-order valence-corrected chi connectivity index (χ3v) is 4.13. The van der Waals surface area contributed by atoms with Crippen LogP contribution < -0.4 is 4.90 Å². The molecule has 0 aromatic heterocycles. The molecule has 3 heteroatoms. The fraction of sp³-hybridized carbons (Fsp3) is 0.278. The van der Waals surface area contributed by atoms with Crippen molar-refractivity contribution < 1.29 is 9.90 Å². The maximum atomic E-state index is 12.7. The molecule has 2 aromatic carbocycles. The standard InChI is InChI=1S/C18H19NO2/c1-13-10-11-14-6-2-4-8-16(14)19(13)18(21)12-15-7-3-5-9-17(15)20/h2-9,13,20H,10-12H2,1H3. The first-order valence-electron chi connectivity index (χ1n) is 7.33. The van der Waals surface area contributed by atoms with Crippen LogP contribution in [-0.2, 0) is 17.6 Å². The van der Waals surface area contributed by atoms with E-state index >= 15 is 0 Å². The molecule has 1 aliphatic rings. The lowest BCUT2D eigenvalue weighted by Crippen LogP contribution is -2.42. The molecular weight excluding hydrogens is 262 g/mol. The van der Waals surface area contributed by atoms with Crippen LogP contribution in [0.25, 0.3) is 0 Å². The Labute approximate surface area is 124 Å². The number of fused-ring (bicyclic) bond motifs is 1. The highest BCUT2D eigenvalue weighted by atomic mass is 16.3. The summed E-state index contributed by atoms with van der Waals surface area (Å²) >= 11 is 0. The van der Waals surface area contributed by atoms with Crippen molar-refractivity contribution in [3.63, 3.8) is 0 Å². The fourth-order valence-corrected chi connectivity index (χ4v) is 2.98. The summed E-state index contributed by atoms with van der Waals surface area (Å²) in [4.78, 5) is 14.6. The van der Waals surface area contributed by atoms with E-state index in [2.05, 4.69) is 13.0 Å². The van der Waals surface area contributed by atoms with E-state index in [0.29, 0.717) is 5.56 Å². The van der Waals surface area contributed by atoms with Crippen molar-refractivity contribution in [1.82, 2.24) is 0 Å². The lowest BCUT2D eigenvalue weighted by atomic mass is 9.96. The van der Waals surface area contributed by atoms with E-state index < -0.39 is 0 Å². The topological polar surface area (TPSA) is 40.5 Å². The second kappa shape index (κ2) is 5.60. The Morgan fingerprint density at radius 2 is 1.90 bits per heavy atom. The minimum Gasteiger partial charge on any atom is -0.508 e. The molecule has 0 saturated heterocycles. The van der Waals surface area contributed by atoms with Crippen LogP contribution in [0.1, 0.15) is 24.5 Å². The minimum atomic E-state index is 0.0381. The van der Waals surface area contributed by atoms with Gasteiger partial charge in [0.05, 0.1) is 6.42 Å². The smallest absolute Gasteiger partial charge is 0.231 e. The van der Waals surface area contributed by atoms with Gasteiger partial charge in [0.25, 0.3) is 0 Å². The summed E-state index contributed by atoms with van der Waals surface area (Å²) in [6.45, 7) is 2.08. The fourth-order valence-electron chi connectivity index (χ4n) is 2.98. The number of rotatable bonds is 2. The Balaban J connectivity index is 1.89. The van der Waals surface area contributed by atoms with Crippen LogP contribution in [-0.4, -0.2) is 17.1 Å². The number of hydrogen-bond donors (Lipinski definition) is 1. The van der Waals surface area contributed by atoms with Gasteiger partial charge in [-0.2, -0.15) is 0 Å². The second-order valence-electron chi connectivity index (χ2n) is 5.59. The molecule has 0 saturated carbocycles. The lowest BCUT2D eigenvalue weighted by molar-refractivity contribution is -0.118. The number of benzene rings is 2. The van der Waals surface area contributed by atoms with Crippen LogP contribution in [0.5, 0.6) is 5.75 Å². The zero-order valence-electron chi connectivity index (χ0n) is 12.1. The minimum absolute atomic E-state index is 0.0381. The number of para-hydroxylation sites is 2. The summed E-state index contributed by atoms with van der Waals surface area (Å²) in [6.07, 6.45) is 2.21. The van der Waals surface area contributed by atoms with Gasteiger partial charge >= 0.3 is 0 Å². The molecule has 0 fully saturated rings. The molecule has 3 rings (SSSR count). The van der Waals surface area contributed by atoms with Crippen LogP contribution >= 0.6 is 0 Å². The molecule has 0 aliphatic carbocycles. The molecule has 21 heavy (non-hydrogen) atoms. The van der Waals surface area contributed by atoms with Crippen LogP contribution in [0.15, 0.2) is 48.5 Å². The summed E-state index contributed by atoms with van der Waals surface area (Å²) in [5.41, 5.74) is 2.91. The van der Waals surface area contributed by atoms with Crippen LogP contribution in [0.3, 0.4) is 0 Å². The summed E-state index contributed by atoms with van der Waals surface area (Å²) < 4.78 is 0. The molecule has 3 nitrogen and oxygen atoms in total. The quantitative estimate of drug-likeness (QED) is 0.917. The van der Waals surface area contributed by atoms with Gasteiger partial charge in [-0.15, -0.1) is 0 Å². The molecule has 1 amide bonds. The monoisotopic (exact) mass is 281 g/mol. The molecule has 2 aromatic rings. The average Bonchev–Trinajstić information content (AvgIpc) is 2.49. The normalized spacial score (nSPS) is 17.4. The van der Waals surface area contributed by atoms with E-state index in [1.165, 1.54) is 5.56 Å². The third-order valence-electron chi connectivity index (χ3n) is 4.13. The first-order chi connectivity index (χ1) is 10.2. The summed E-state index contributed by atoms with van der Waals surface area (Å²) in [5, 5.41) is 9.85. The zero-order chi connectivity index (χ0) is 14.8. The molecule has 1 unspecified atom stereocenters. The average molecular weight is 281 g/mol. The first-order valence-corrected chi connectivity index (χ1v) is 7.33. The van der Waals surface area contributed by atoms with E-state index in [4.69, 9.17) is 0 Å². The van der Waals surface area contributed by atoms with Gasteiger partial charge in [0.2, 0.25) is 5.91 Å². The molecule has 1 N–H and O–H groups in total. The van der Waals surface area contributed by atoms with E-state index in [0.717, 1.165) is 18.5 Å². The SMILES string of the molecule is CC1CCc2ccccc2N1C(=O)Cc1ccccc1O. The summed E-state index contributed by atoms with van der Waals surface area (Å²) in [7, 11) is 0. The van der Waals surface area contributed by atoms with Gasteiger partial charge in [-0.25, -0.2) is 0 Å². The maximum Gasteiger partial charge on any atom is 0.231 e. The van der Waals surface area contributed by atoms with Gasteiger partial charge in [0, 0.05) is 17.3 Å². The number of phenols is 1. The van der Waals surface area contributed by atoms with Gasteiger partial charge < -0.3 is 10.0 Å². The Morgan fingerprint density at radius 1 is 1.19 bits per heavy atom. The molecule has 1 atom stereocenters. The lowest BCUT2D eigenvalue weighted by Gasteiger charge is -2.35. The van der Waals surface area contributed by atoms with Gasteiger partial charge in [0.1, 0.15) is 5.75 Å². The predicted molar refractivity (Wildman–Crippen MR) is 83.5 cm³/mol. The highest BCUT2D eigenvalue weighted by molar-refractivity contribution is 5.96. The van der Waals surface area contributed by atoms with Gasteiger partial charge in [-0.3, -0.25) is 4.79 Å². The number of carbonyl (C=O) groups excluding carboxylic acids is 1. The largest absolute Gasteiger partial charge is 0.508 e. The van der Waals surface area contributed by atoms with Gasteiger partial charge in [-0.05, 0) is 37.5 Å². The molecule has 1 aliphatic heterocycles. The Bertz CT molecular complexity index is 666. The number of hydrogen-bond acceptors (Lipinski definition) is 2. The van der Waals surface area contributed by atoms with Crippen LogP contribution in [0.2, 0.25) is 0 Å². The Morgan fingerprint density at radius 3 is 2.71 bits per heavy atom. The third kappa shape index (κ3) is 2.64. The van der Waals surface area contributed by atoms with Crippen molar-refractivity contribution >= 4 is 11.6 Å². The number of carbonyl (C=O) groups is 1. The Kier molecular flexibility index (Phi) is 3.65. The van der Waals surface area contributed by atoms with E-state index in [1.807, 2.05) is 29.2 Å². The van der Waals surface area contributed by atoms with Crippen molar-refractivity contribution in [3.05, 3.63) is 59.7 Å².